The molecule has 1 aliphatic rings. The Labute approximate surface area is 124 Å². The number of hydrogen-bond acceptors (Lipinski definition) is 3. The van der Waals surface area contributed by atoms with Crippen molar-refractivity contribution in [3.8, 4) is 5.75 Å². The van der Waals surface area contributed by atoms with Crippen LogP contribution in [0.3, 0.4) is 0 Å². The Hall–Kier alpha value is -2.04. The summed E-state index contributed by atoms with van der Waals surface area (Å²) in [6.07, 6.45) is 2.99. The number of phenolic OH excluding ortho intramolecular Hbond substituents is 1. The highest BCUT2D eigenvalue weighted by atomic mass is 16.4. The molecule has 0 radical (unpaired) electrons. The highest BCUT2D eigenvalue weighted by Crippen LogP contribution is 2.31. The molecule has 1 aromatic rings. The number of amides is 1. The summed E-state index contributed by atoms with van der Waals surface area (Å²) in [5.74, 6) is -1.84. The van der Waals surface area contributed by atoms with Crippen LogP contribution in [-0.4, -0.2) is 34.0 Å². The summed E-state index contributed by atoms with van der Waals surface area (Å²) in [6.45, 7) is 0.371. The minimum atomic E-state index is -0.876. The van der Waals surface area contributed by atoms with E-state index < -0.39 is 17.8 Å². The predicted octanol–water partition coefficient (Wildman–Crippen LogP) is 2.24. The lowest BCUT2D eigenvalue weighted by Crippen LogP contribution is -2.40. The van der Waals surface area contributed by atoms with E-state index in [0.29, 0.717) is 19.4 Å². The van der Waals surface area contributed by atoms with Gasteiger partial charge >= 0.3 is 5.97 Å². The van der Waals surface area contributed by atoms with Gasteiger partial charge in [-0.25, -0.2) is 0 Å². The van der Waals surface area contributed by atoms with Gasteiger partial charge in [-0.1, -0.05) is 25.0 Å². The zero-order valence-electron chi connectivity index (χ0n) is 12.2. The SMILES string of the molecule is CN(Cc1cccc(O)c1)C(=O)C1CCCCC1C(=O)O. The van der Waals surface area contributed by atoms with Crippen LogP contribution in [-0.2, 0) is 16.1 Å². The molecule has 0 spiro atoms. The molecule has 1 saturated carbocycles. The summed E-state index contributed by atoms with van der Waals surface area (Å²) < 4.78 is 0. The molecule has 2 unspecified atom stereocenters. The Balaban J connectivity index is 2.05. The van der Waals surface area contributed by atoms with Crippen LogP contribution in [0.1, 0.15) is 31.2 Å². The van der Waals surface area contributed by atoms with Gasteiger partial charge in [0.15, 0.2) is 0 Å². The van der Waals surface area contributed by atoms with Crippen molar-refractivity contribution in [2.24, 2.45) is 11.8 Å². The second-order valence-corrected chi connectivity index (χ2v) is 5.70. The van der Waals surface area contributed by atoms with Gasteiger partial charge in [-0.3, -0.25) is 9.59 Å². The monoisotopic (exact) mass is 291 g/mol. The lowest BCUT2D eigenvalue weighted by molar-refractivity contribution is -0.152. The number of carbonyl (C=O) groups excluding carboxylic acids is 1. The van der Waals surface area contributed by atoms with Gasteiger partial charge in [-0.15, -0.1) is 0 Å². The molecule has 1 fully saturated rings. The van der Waals surface area contributed by atoms with E-state index in [0.717, 1.165) is 18.4 Å². The molecule has 114 valence electrons. The molecule has 5 nitrogen and oxygen atoms in total. The minimum absolute atomic E-state index is 0.120. The average Bonchev–Trinajstić information content (AvgIpc) is 2.46. The number of carboxylic acids is 1. The third-order valence-corrected chi connectivity index (χ3v) is 4.11. The van der Waals surface area contributed by atoms with E-state index in [1.807, 2.05) is 6.07 Å². The maximum Gasteiger partial charge on any atom is 0.307 e. The van der Waals surface area contributed by atoms with Crippen LogP contribution in [0.2, 0.25) is 0 Å². The molecule has 2 atom stereocenters. The van der Waals surface area contributed by atoms with Crippen molar-refractivity contribution in [1.29, 1.82) is 0 Å². The molecule has 1 aliphatic carbocycles. The molecule has 0 aliphatic heterocycles. The fraction of sp³-hybridized carbons (Fsp3) is 0.500. The second kappa shape index (κ2) is 6.61. The first-order chi connectivity index (χ1) is 9.99. The molecule has 0 aromatic heterocycles. The van der Waals surface area contributed by atoms with Crippen molar-refractivity contribution in [2.75, 3.05) is 7.05 Å². The molecule has 0 heterocycles. The first kappa shape index (κ1) is 15.4. The summed E-state index contributed by atoms with van der Waals surface area (Å²) in [5.41, 5.74) is 0.827. The molecule has 2 N–H and O–H groups in total. The van der Waals surface area contributed by atoms with Crippen molar-refractivity contribution in [1.82, 2.24) is 4.90 Å². The number of rotatable bonds is 4. The van der Waals surface area contributed by atoms with Crippen molar-refractivity contribution < 1.29 is 19.8 Å². The fourth-order valence-corrected chi connectivity index (χ4v) is 3.01. The molecule has 0 saturated heterocycles. The summed E-state index contributed by atoms with van der Waals surface area (Å²) in [4.78, 5) is 25.3. The van der Waals surface area contributed by atoms with Crippen LogP contribution in [0.25, 0.3) is 0 Å². The highest BCUT2D eigenvalue weighted by molar-refractivity contribution is 5.84. The lowest BCUT2D eigenvalue weighted by Gasteiger charge is -2.31. The van der Waals surface area contributed by atoms with Crippen molar-refractivity contribution >= 4 is 11.9 Å². The quantitative estimate of drug-likeness (QED) is 0.892. The number of hydrogen-bond donors (Lipinski definition) is 2. The molecule has 0 bridgehead atoms. The van der Waals surface area contributed by atoms with Gasteiger partial charge < -0.3 is 15.1 Å². The van der Waals surface area contributed by atoms with E-state index in [9.17, 15) is 19.8 Å². The van der Waals surface area contributed by atoms with E-state index in [4.69, 9.17) is 0 Å². The Kier molecular flexibility index (Phi) is 4.83. The molecule has 2 rings (SSSR count). The summed E-state index contributed by atoms with van der Waals surface area (Å²) in [5, 5.41) is 18.7. The maximum atomic E-state index is 12.5. The van der Waals surface area contributed by atoms with Crippen LogP contribution in [0.4, 0.5) is 0 Å². The summed E-state index contributed by atoms with van der Waals surface area (Å²) in [7, 11) is 1.68. The Bertz CT molecular complexity index is 529. The van der Waals surface area contributed by atoms with Gasteiger partial charge in [0.1, 0.15) is 5.75 Å². The second-order valence-electron chi connectivity index (χ2n) is 5.70. The Morgan fingerprint density at radius 1 is 1.24 bits per heavy atom. The first-order valence-electron chi connectivity index (χ1n) is 7.24. The van der Waals surface area contributed by atoms with Gasteiger partial charge in [-0.2, -0.15) is 0 Å². The van der Waals surface area contributed by atoms with Crippen molar-refractivity contribution in [3.63, 3.8) is 0 Å². The number of nitrogens with zero attached hydrogens (tertiary/aromatic N) is 1. The molecule has 21 heavy (non-hydrogen) atoms. The third-order valence-electron chi connectivity index (χ3n) is 4.11. The predicted molar refractivity (Wildman–Crippen MR) is 77.7 cm³/mol. The Morgan fingerprint density at radius 3 is 2.52 bits per heavy atom. The maximum absolute atomic E-state index is 12.5. The zero-order valence-corrected chi connectivity index (χ0v) is 12.2. The topological polar surface area (TPSA) is 77.8 Å². The standard InChI is InChI=1S/C16H21NO4/c1-17(10-11-5-4-6-12(18)9-11)15(19)13-7-2-3-8-14(13)16(20)21/h4-6,9,13-14,18H,2-3,7-8,10H2,1H3,(H,20,21). The minimum Gasteiger partial charge on any atom is -0.508 e. The Morgan fingerprint density at radius 2 is 1.90 bits per heavy atom. The highest BCUT2D eigenvalue weighted by Gasteiger charge is 2.36. The summed E-state index contributed by atoms with van der Waals surface area (Å²) in [6, 6.07) is 6.74. The number of aliphatic carboxylic acids is 1. The van der Waals surface area contributed by atoms with Crippen molar-refractivity contribution in [3.05, 3.63) is 29.8 Å². The van der Waals surface area contributed by atoms with Gasteiger partial charge in [-0.05, 0) is 30.5 Å². The molecule has 1 amide bonds. The van der Waals surface area contributed by atoms with Gasteiger partial charge in [0.2, 0.25) is 5.91 Å². The molecule has 1 aromatic carbocycles. The molecular formula is C16H21NO4. The van der Waals surface area contributed by atoms with E-state index in [1.54, 1.807) is 30.1 Å². The van der Waals surface area contributed by atoms with Crippen LogP contribution < -0.4 is 0 Å². The van der Waals surface area contributed by atoms with E-state index in [2.05, 4.69) is 0 Å². The third kappa shape index (κ3) is 3.74. The number of aromatic hydroxyl groups is 1. The number of benzene rings is 1. The van der Waals surface area contributed by atoms with Gasteiger partial charge in [0.05, 0.1) is 11.8 Å². The van der Waals surface area contributed by atoms with Crippen LogP contribution in [0, 0.1) is 11.8 Å². The van der Waals surface area contributed by atoms with Gasteiger partial charge in [0, 0.05) is 13.6 Å². The molecule has 5 heteroatoms. The van der Waals surface area contributed by atoms with E-state index >= 15 is 0 Å². The van der Waals surface area contributed by atoms with Crippen LogP contribution in [0.15, 0.2) is 24.3 Å². The van der Waals surface area contributed by atoms with Crippen LogP contribution in [0.5, 0.6) is 5.75 Å². The lowest BCUT2D eigenvalue weighted by atomic mass is 9.78. The molecular weight excluding hydrogens is 270 g/mol. The number of carbonyl (C=O) groups is 2. The zero-order chi connectivity index (χ0) is 15.4. The number of phenols is 1. The van der Waals surface area contributed by atoms with Crippen LogP contribution >= 0.6 is 0 Å². The van der Waals surface area contributed by atoms with Crippen molar-refractivity contribution in [2.45, 2.75) is 32.2 Å². The normalized spacial score (nSPS) is 21.8. The summed E-state index contributed by atoms with van der Waals surface area (Å²) >= 11 is 0. The fourth-order valence-electron chi connectivity index (χ4n) is 3.01. The first-order valence-corrected chi connectivity index (χ1v) is 7.24. The van der Waals surface area contributed by atoms with Gasteiger partial charge in [0.25, 0.3) is 0 Å². The smallest absolute Gasteiger partial charge is 0.307 e. The van der Waals surface area contributed by atoms with E-state index in [1.165, 1.54) is 0 Å². The largest absolute Gasteiger partial charge is 0.508 e. The van der Waals surface area contributed by atoms with E-state index in [-0.39, 0.29) is 11.7 Å². The average molecular weight is 291 g/mol. The number of carboxylic acid groups (broad SMARTS) is 1.